The zero-order valence-corrected chi connectivity index (χ0v) is 8.71. The van der Waals surface area contributed by atoms with E-state index in [2.05, 4.69) is 25.8 Å². The molecular weight excluding hydrogens is 150 g/mol. The van der Waals surface area contributed by atoms with Gasteiger partial charge in [-0.1, -0.05) is 13.8 Å². The van der Waals surface area contributed by atoms with E-state index in [0.29, 0.717) is 6.61 Å². The van der Waals surface area contributed by atoms with E-state index in [1.165, 1.54) is 12.8 Å². The third-order valence-corrected chi connectivity index (χ3v) is 2.02. The molecule has 0 amide bonds. The lowest BCUT2D eigenvalue weighted by Gasteiger charge is -2.16. The highest BCUT2D eigenvalue weighted by atomic mass is 16.3. The molecule has 0 saturated carbocycles. The summed E-state index contributed by atoms with van der Waals surface area (Å²) in [6, 6.07) is 0. The Morgan fingerprint density at radius 1 is 1.17 bits per heavy atom. The second-order valence-electron chi connectivity index (χ2n) is 3.92. The van der Waals surface area contributed by atoms with Gasteiger partial charge in [-0.3, -0.25) is 0 Å². The second kappa shape index (κ2) is 7.56. The normalized spacial score (nSPS) is 11.5. The predicted octanol–water partition coefficient (Wildman–Crippen LogP) is 1.74. The van der Waals surface area contributed by atoms with Gasteiger partial charge in [-0.05, 0) is 38.8 Å². The van der Waals surface area contributed by atoms with E-state index in [0.717, 1.165) is 25.4 Å². The zero-order chi connectivity index (χ0) is 9.40. The molecule has 74 valence electrons. The second-order valence-corrected chi connectivity index (χ2v) is 3.92. The number of hydrogen-bond donors (Lipinski definition) is 1. The maximum Gasteiger partial charge on any atom is 0.0443 e. The van der Waals surface area contributed by atoms with Crippen LogP contribution >= 0.6 is 0 Å². The van der Waals surface area contributed by atoms with Crippen molar-refractivity contribution in [2.75, 3.05) is 26.7 Å². The summed E-state index contributed by atoms with van der Waals surface area (Å²) in [4.78, 5) is 2.29. The predicted molar refractivity (Wildman–Crippen MR) is 53.3 cm³/mol. The number of hydrogen-bond acceptors (Lipinski definition) is 2. The molecule has 0 aliphatic heterocycles. The van der Waals surface area contributed by atoms with Crippen molar-refractivity contribution in [3.8, 4) is 0 Å². The summed E-state index contributed by atoms with van der Waals surface area (Å²) in [5.41, 5.74) is 0. The van der Waals surface area contributed by atoms with Crippen LogP contribution in [-0.2, 0) is 0 Å². The van der Waals surface area contributed by atoms with Crippen LogP contribution in [0, 0.1) is 5.92 Å². The summed E-state index contributed by atoms with van der Waals surface area (Å²) in [7, 11) is 2.12. The maximum atomic E-state index is 8.60. The van der Waals surface area contributed by atoms with Crippen LogP contribution < -0.4 is 0 Å². The molecule has 12 heavy (non-hydrogen) atoms. The van der Waals surface area contributed by atoms with E-state index in [1.807, 2.05) is 0 Å². The van der Waals surface area contributed by atoms with Gasteiger partial charge in [0, 0.05) is 13.2 Å². The van der Waals surface area contributed by atoms with Crippen LogP contribution in [-0.4, -0.2) is 36.8 Å². The van der Waals surface area contributed by atoms with Gasteiger partial charge in [0.05, 0.1) is 0 Å². The SMILES string of the molecule is CC(C)CCCN(C)CCCO. The van der Waals surface area contributed by atoms with Crippen LogP contribution in [0.3, 0.4) is 0 Å². The molecule has 0 saturated heterocycles. The molecule has 0 rings (SSSR count). The molecule has 0 bridgehead atoms. The third kappa shape index (κ3) is 8.02. The van der Waals surface area contributed by atoms with Crippen molar-refractivity contribution in [1.82, 2.24) is 4.90 Å². The van der Waals surface area contributed by atoms with Gasteiger partial charge in [0.15, 0.2) is 0 Å². The van der Waals surface area contributed by atoms with Crippen molar-refractivity contribution >= 4 is 0 Å². The van der Waals surface area contributed by atoms with E-state index < -0.39 is 0 Å². The van der Waals surface area contributed by atoms with Gasteiger partial charge in [-0.2, -0.15) is 0 Å². The average molecular weight is 173 g/mol. The van der Waals surface area contributed by atoms with E-state index in [4.69, 9.17) is 5.11 Å². The Balaban J connectivity index is 3.13. The quantitative estimate of drug-likeness (QED) is 0.634. The third-order valence-electron chi connectivity index (χ3n) is 2.02. The van der Waals surface area contributed by atoms with Crippen molar-refractivity contribution in [2.24, 2.45) is 5.92 Å². The highest BCUT2D eigenvalue weighted by molar-refractivity contribution is 4.53. The monoisotopic (exact) mass is 173 g/mol. The first-order chi connectivity index (χ1) is 5.66. The van der Waals surface area contributed by atoms with Gasteiger partial charge < -0.3 is 10.0 Å². The Morgan fingerprint density at radius 3 is 2.25 bits per heavy atom. The number of aliphatic hydroxyl groups excluding tert-OH is 1. The van der Waals surface area contributed by atoms with Crippen molar-refractivity contribution in [3.05, 3.63) is 0 Å². The molecule has 0 aromatic heterocycles. The number of nitrogens with zero attached hydrogens (tertiary/aromatic N) is 1. The summed E-state index contributed by atoms with van der Waals surface area (Å²) >= 11 is 0. The van der Waals surface area contributed by atoms with E-state index in [9.17, 15) is 0 Å². The van der Waals surface area contributed by atoms with Crippen LogP contribution in [0.2, 0.25) is 0 Å². The lowest BCUT2D eigenvalue weighted by molar-refractivity contribution is 0.244. The standard InChI is InChI=1S/C10H23NO/c1-10(2)6-4-7-11(3)8-5-9-12/h10,12H,4-9H2,1-3H3. The van der Waals surface area contributed by atoms with Gasteiger partial charge in [-0.15, -0.1) is 0 Å². The minimum absolute atomic E-state index is 0.314. The Hall–Kier alpha value is -0.0800. The summed E-state index contributed by atoms with van der Waals surface area (Å²) in [5.74, 6) is 0.816. The van der Waals surface area contributed by atoms with Gasteiger partial charge in [0.2, 0.25) is 0 Å². The van der Waals surface area contributed by atoms with E-state index in [1.54, 1.807) is 0 Å². The molecule has 0 fully saturated rings. The van der Waals surface area contributed by atoms with Crippen molar-refractivity contribution < 1.29 is 5.11 Å². The smallest absolute Gasteiger partial charge is 0.0443 e. The highest BCUT2D eigenvalue weighted by Crippen LogP contribution is 2.03. The first-order valence-electron chi connectivity index (χ1n) is 4.96. The fourth-order valence-corrected chi connectivity index (χ4v) is 1.22. The lowest BCUT2D eigenvalue weighted by atomic mass is 10.1. The Morgan fingerprint density at radius 2 is 1.75 bits per heavy atom. The van der Waals surface area contributed by atoms with E-state index >= 15 is 0 Å². The Kier molecular flexibility index (Phi) is 7.51. The van der Waals surface area contributed by atoms with Crippen LogP contribution in [0.4, 0.5) is 0 Å². The topological polar surface area (TPSA) is 23.5 Å². The fourth-order valence-electron chi connectivity index (χ4n) is 1.22. The molecule has 1 N–H and O–H groups in total. The van der Waals surface area contributed by atoms with Crippen LogP contribution in [0.1, 0.15) is 33.1 Å². The molecule has 0 spiro atoms. The Bertz CT molecular complexity index is 93.8. The highest BCUT2D eigenvalue weighted by Gasteiger charge is 1.98. The molecule has 0 aliphatic rings. The van der Waals surface area contributed by atoms with Crippen LogP contribution in [0.15, 0.2) is 0 Å². The molecule has 0 radical (unpaired) electrons. The maximum absolute atomic E-state index is 8.60. The average Bonchev–Trinajstić information content (AvgIpc) is 2.00. The molecular formula is C10H23NO. The largest absolute Gasteiger partial charge is 0.396 e. The molecule has 2 heteroatoms. The van der Waals surface area contributed by atoms with Gasteiger partial charge in [-0.25, -0.2) is 0 Å². The molecule has 0 aromatic carbocycles. The minimum Gasteiger partial charge on any atom is -0.396 e. The molecule has 0 aliphatic carbocycles. The van der Waals surface area contributed by atoms with Crippen molar-refractivity contribution in [3.63, 3.8) is 0 Å². The number of rotatable bonds is 7. The summed E-state index contributed by atoms with van der Waals surface area (Å²) < 4.78 is 0. The first-order valence-corrected chi connectivity index (χ1v) is 4.96. The molecule has 2 nitrogen and oxygen atoms in total. The van der Waals surface area contributed by atoms with E-state index in [-0.39, 0.29) is 0 Å². The Labute approximate surface area is 76.6 Å². The van der Waals surface area contributed by atoms with Crippen molar-refractivity contribution in [1.29, 1.82) is 0 Å². The fraction of sp³-hybridized carbons (Fsp3) is 1.00. The number of aliphatic hydroxyl groups is 1. The molecule has 0 aromatic rings. The van der Waals surface area contributed by atoms with Gasteiger partial charge >= 0.3 is 0 Å². The first kappa shape index (κ1) is 11.9. The molecule has 0 atom stereocenters. The van der Waals surface area contributed by atoms with Crippen molar-refractivity contribution in [2.45, 2.75) is 33.1 Å². The molecule has 0 unspecified atom stereocenters. The molecule has 0 heterocycles. The minimum atomic E-state index is 0.314. The van der Waals surface area contributed by atoms with Crippen LogP contribution in [0.5, 0.6) is 0 Å². The summed E-state index contributed by atoms with van der Waals surface area (Å²) in [6.07, 6.45) is 3.49. The summed E-state index contributed by atoms with van der Waals surface area (Å²) in [5, 5.41) is 8.60. The summed E-state index contributed by atoms with van der Waals surface area (Å²) in [6.45, 7) is 7.02. The lowest BCUT2D eigenvalue weighted by Crippen LogP contribution is -2.21. The van der Waals surface area contributed by atoms with Crippen LogP contribution in [0.25, 0.3) is 0 Å². The van der Waals surface area contributed by atoms with Gasteiger partial charge in [0.1, 0.15) is 0 Å². The zero-order valence-electron chi connectivity index (χ0n) is 8.71. The van der Waals surface area contributed by atoms with Gasteiger partial charge in [0.25, 0.3) is 0 Å².